The molecule has 0 radical (unpaired) electrons. The maximum Gasteiger partial charge on any atom is 0.246 e. The number of fused-ring (bicyclic) bond motifs is 1. The van der Waals surface area contributed by atoms with Crippen LogP contribution >= 0.6 is 27.3 Å². The van der Waals surface area contributed by atoms with Crippen LogP contribution in [0.15, 0.2) is 45.2 Å². The average molecular weight is 321 g/mol. The zero-order chi connectivity index (χ0) is 12.5. The number of hydrogen-bond acceptors (Lipinski definition) is 3. The molecule has 1 aliphatic rings. The number of benzodiazepines with no additional fused rings is 1. The number of halogens is 1. The summed E-state index contributed by atoms with van der Waals surface area (Å²) < 4.78 is 0.974. The second-order valence-electron chi connectivity index (χ2n) is 3.88. The van der Waals surface area contributed by atoms with Crippen LogP contribution < -0.4 is 5.32 Å². The van der Waals surface area contributed by atoms with Crippen LogP contribution in [0.4, 0.5) is 5.69 Å². The van der Waals surface area contributed by atoms with Gasteiger partial charge in [-0.25, -0.2) is 0 Å². The molecule has 2 aromatic rings. The third kappa shape index (κ3) is 2.11. The van der Waals surface area contributed by atoms with Crippen molar-refractivity contribution in [2.24, 2.45) is 4.99 Å². The molecule has 2 heterocycles. The van der Waals surface area contributed by atoms with Gasteiger partial charge >= 0.3 is 0 Å². The molecule has 5 heteroatoms. The third-order valence-corrected chi connectivity index (χ3v) is 4.02. The predicted octanol–water partition coefficient (Wildman–Crippen LogP) is 3.30. The number of amides is 1. The Kier molecular flexibility index (Phi) is 3.01. The fourth-order valence-corrected chi connectivity index (χ4v) is 2.98. The van der Waals surface area contributed by atoms with Crippen molar-refractivity contribution in [1.82, 2.24) is 0 Å². The number of aliphatic imine (C=N–C) groups is 1. The number of hydrogen-bond donors (Lipinski definition) is 1. The summed E-state index contributed by atoms with van der Waals surface area (Å²) in [4.78, 5) is 17.1. The molecule has 1 aromatic heterocycles. The minimum atomic E-state index is -0.0786. The van der Waals surface area contributed by atoms with Crippen LogP contribution in [0.3, 0.4) is 0 Å². The van der Waals surface area contributed by atoms with Gasteiger partial charge in [0.2, 0.25) is 5.91 Å². The van der Waals surface area contributed by atoms with E-state index in [4.69, 9.17) is 0 Å². The monoisotopic (exact) mass is 320 g/mol. The van der Waals surface area contributed by atoms with Crippen molar-refractivity contribution in [1.29, 1.82) is 0 Å². The molecule has 0 fully saturated rings. The molecular weight excluding hydrogens is 312 g/mol. The first-order valence-corrected chi connectivity index (χ1v) is 7.09. The first kappa shape index (κ1) is 11.6. The Labute approximate surface area is 117 Å². The van der Waals surface area contributed by atoms with Crippen molar-refractivity contribution in [3.63, 3.8) is 0 Å². The van der Waals surface area contributed by atoms with E-state index in [0.717, 1.165) is 26.3 Å². The molecule has 0 spiro atoms. The van der Waals surface area contributed by atoms with E-state index in [-0.39, 0.29) is 12.5 Å². The van der Waals surface area contributed by atoms with E-state index < -0.39 is 0 Å². The minimum Gasteiger partial charge on any atom is -0.324 e. The summed E-state index contributed by atoms with van der Waals surface area (Å²) in [6.45, 7) is 0.166. The Bertz CT molecular complexity index is 634. The van der Waals surface area contributed by atoms with Crippen LogP contribution in [0.25, 0.3) is 0 Å². The van der Waals surface area contributed by atoms with Crippen LogP contribution in [0, 0.1) is 0 Å². The lowest BCUT2D eigenvalue weighted by molar-refractivity contribution is -0.114. The van der Waals surface area contributed by atoms with Gasteiger partial charge in [0.25, 0.3) is 0 Å². The van der Waals surface area contributed by atoms with E-state index in [2.05, 4.69) is 26.2 Å². The fraction of sp³-hybridized carbons (Fsp3) is 0.0769. The SMILES string of the molecule is O=C1CN=C(c2cccs2)c2cc(Br)ccc2N1. The summed E-state index contributed by atoms with van der Waals surface area (Å²) in [5, 5.41) is 4.88. The molecule has 1 N–H and O–H groups in total. The first-order chi connectivity index (χ1) is 8.74. The second kappa shape index (κ2) is 4.66. The van der Waals surface area contributed by atoms with Crippen molar-refractivity contribution < 1.29 is 4.79 Å². The molecule has 90 valence electrons. The van der Waals surface area contributed by atoms with Crippen molar-refractivity contribution in [2.45, 2.75) is 0 Å². The molecule has 0 unspecified atom stereocenters. The third-order valence-electron chi connectivity index (χ3n) is 2.65. The number of carbonyl (C=O) groups is 1. The summed E-state index contributed by atoms with van der Waals surface area (Å²) >= 11 is 5.08. The molecule has 3 rings (SSSR count). The van der Waals surface area contributed by atoms with Crippen molar-refractivity contribution in [3.05, 3.63) is 50.6 Å². The molecule has 0 saturated heterocycles. The van der Waals surface area contributed by atoms with Gasteiger partial charge in [-0.3, -0.25) is 9.79 Å². The highest BCUT2D eigenvalue weighted by Crippen LogP contribution is 2.27. The van der Waals surface area contributed by atoms with Gasteiger partial charge in [-0.2, -0.15) is 0 Å². The molecule has 0 bridgehead atoms. The smallest absolute Gasteiger partial charge is 0.246 e. The Balaban J connectivity index is 2.20. The Morgan fingerprint density at radius 1 is 1.33 bits per heavy atom. The van der Waals surface area contributed by atoms with Crippen LogP contribution in [-0.2, 0) is 4.79 Å². The van der Waals surface area contributed by atoms with Gasteiger partial charge in [0, 0.05) is 10.0 Å². The topological polar surface area (TPSA) is 41.5 Å². The lowest BCUT2D eigenvalue weighted by Crippen LogP contribution is -2.13. The van der Waals surface area contributed by atoms with E-state index in [1.165, 1.54) is 0 Å². The Hall–Kier alpha value is -1.46. The lowest BCUT2D eigenvalue weighted by atomic mass is 10.1. The quantitative estimate of drug-likeness (QED) is 0.860. The Morgan fingerprint density at radius 3 is 3.00 bits per heavy atom. The van der Waals surface area contributed by atoms with Crippen molar-refractivity contribution >= 4 is 44.6 Å². The fourth-order valence-electron chi connectivity index (χ4n) is 1.87. The first-order valence-electron chi connectivity index (χ1n) is 5.42. The van der Waals surface area contributed by atoms with Crippen molar-refractivity contribution in [3.8, 4) is 0 Å². The summed E-state index contributed by atoms with van der Waals surface area (Å²) in [5.74, 6) is -0.0786. The zero-order valence-corrected chi connectivity index (χ0v) is 11.7. The summed E-state index contributed by atoms with van der Waals surface area (Å²) in [7, 11) is 0. The standard InChI is InChI=1S/C13H9BrN2OS/c14-8-3-4-10-9(6-8)13(11-2-1-5-18-11)15-7-12(17)16-10/h1-6H,7H2,(H,16,17). The van der Waals surface area contributed by atoms with E-state index in [9.17, 15) is 4.79 Å². The van der Waals surface area contributed by atoms with Gasteiger partial charge in [-0.05, 0) is 29.6 Å². The van der Waals surface area contributed by atoms with E-state index >= 15 is 0 Å². The van der Waals surface area contributed by atoms with Gasteiger partial charge < -0.3 is 5.32 Å². The van der Waals surface area contributed by atoms with Crippen LogP contribution in [0.1, 0.15) is 10.4 Å². The molecule has 0 saturated carbocycles. The van der Waals surface area contributed by atoms with Gasteiger partial charge in [0.15, 0.2) is 0 Å². The van der Waals surface area contributed by atoms with Gasteiger partial charge in [0.05, 0.1) is 16.3 Å². The maximum atomic E-state index is 11.6. The summed E-state index contributed by atoms with van der Waals surface area (Å²) in [6, 6.07) is 9.80. The van der Waals surface area contributed by atoms with Gasteiger partial charge in [-0.15, -0.1) is 11.3 Å². The zero-order valence-electron chi connectivity index (χ0n) is 9.31. The second-order valence-corrected chi connectivity index (χ2v) is 5.74. The number of benzene rings is 1. The van der Waals surface area contributed by atoms with Crippen LogP contribution in [0.2, 0.25) is 0 Å². The maximum absolute atomic E-state index is 11.6. The number of carbonyl (C=O) groups excluding carboxylic acids is 1. The van der Waals surface area contributed by atoms with Gasteiger partial charge in [-0.1, -0.05) is 22.0 Å². The van der Waals surface area contributed by atoms with Crippen LogP contribution in [-0.4, -0.2) is 18.2 Å². The highest BCUT2D eigenvalue weighted by Gasteiger charge is 2.18. The van der Waals surface area contributed by atoms with Gasteiger partial charge in [0.1, 0.15) is 6.54 Å². The van der Waals surface area contributed by atoms with E-state index in [1.54, 1.807) is 11.3 Å². The predicted molar refractivity (Wildman–Crippen MR) is 77.6 cm³/mol. The Morgan fingerprint density at radius 2 is 2.22 bits per heavy atom. The molecule has 1 aliphatic heterocycles. The molecule has 0 atom stereocenters. The number of rotatable bonds is 1. The number of thiophene rings is 1. The number of nitrogens with zero attached hydrogens (tertiary/aromatic N) is 1. The van der Waals surface area contributed by atoms with Crippen LogP contribution in [0.5, 0.6) is 0 Å². The number of anilines is 1. The molecule has 3 nitrogen and oxygen atoms in total. The number of nitrogens with one attached hydrogen (secondary N) is 1. The molecular formula is C13H9BrN2OS. The summed E-state index contributed by atoms with van der Waals surface area (Å²) in [5.41, 5.74) is 2.64. The molecule has 1 aromatic carbocycles. The molecule has 1 amide bonds. The average Bonchev–Trinajstić information content (AvgIpc) is 2.81. The summed E-state index contributed by atoms with van der Waals surface area (Å²) in [6.07, 6.45) is 0. The molecule has 0 aliphatic carbocycles. The van der Waals surface area contributed by atoms with E-state index in [1.807, 2.05) is 35.7 Å². The molecule has 18 heavy (non-hydrogen) atoms. The highest BCUT2D eigenvalue weighted by molar-refractivity contribution is 9.10. The minimum absolute atomic E-state index is 0.0786. The normalized spacial score (nSPS) is 14.5. The van der Waals surface area contributed by atoms with E-state index in [0.29, 0.717) is 0 Å². The highest BCUT2D eigenvalue weighted by atomic mass is 79.9. The van der Waals surface area contributed by atoms with Crippen molar-refractivity contribution in [2.75, 3.05) is 11.9 Å². The lowest BCUT2D eigenvalue weighted by Gasteiger charge is -2.08. The largest absolute Gasteiger partial charge is 0.324 e.